The Hall–Kier alpha value is -1.35. The first-order valence-electron chi connectivity index (χ1n) is 6.71. The number of rotatable bonds is 1. The molecule has 0 aromatic heterocycles. The lowest BCUT2D eigenvalue weighted by molar-refractivity contribution is -0.122. The molecule has 3 nitrogen and oxygen atoms in total. The average molecular weight is 278 g/mol. The number of halogens is 1. The van der Waals surface area contributed by atoms with Crippen molar-refractivity contribution in [2.75, 3.05) is 4.90 Å². The molecule has 1 aromatic rings. The van der Waals surface area contributed by atoms with E-state index in [0.717, 1.165) is 19.3 Å². The van der Waals surface area contributed by atoms with E-state index in [1.165, 1.54) is 4.90 Å². The number of anilines is 1. The summed E-state index contributed by atoms with van der Waals surface area (Å²) in [7, 11) is 0. The first-order chi connectivity index (χ1) is 9.08. The van der Waals surface area contributed by atoms with Gasteiger partial charge < -0.3 is 0 Å². The van der Waals surface area contributed by atoms with Gasteiger partial charge in [0.2, 0.25) is 11.8 Å². The van der Waals surface area contributed by atoms with Gasteiger partial charge in [0.1, 0.15) is 0 Å². The fourth-order valence-corrected chi connectivity index (χ4v) is 3.44. The van der Waals surface area contributed by atoms with Gasteiger partial charge >= 0.3 is 0 Å². The van der Waals surface area contributed by atoms with E-state index in [4.69, 9.17) is 11.6 Å². The maximum absolute atomic E-state index is 12.5. The first kappa shape index (κ1) is 12.7. The molecule has 0 radical (unpaired) electrons. The first-order valence-corrected chi connectivity index (χ1v) is 7.09. The minimum Gasteiger partial charge on any atom is -0.274 e. The third kappa shape index (κ3) is 2.06. The van der Waals surface area contributed by atoms with Crippen LogP contribution in [-0.2, 0) is 9.59 Å². The summed E-state index contributed by atoms with van der Waals surface area (Å²) in [6.45, 7) is 2.15. The SMILES string of the molecule is C[C@H]1CC[C@H]2C(=O)N(c3cccc(Cl)c3)C(=O)[C@@H]2C1. The van der Waals surface area contributed by atoms with Crippen LogP contribution in [0.4, 0.5) is 5.69 Å². The highest BCUT2D eigenvalue weighted by Gasteiger charge is 2.49. The van der Waals surface area contributed by atoms with Crippen molar-refractivity contribution >= 4 is 29.1 Å². The number of imide groups is 1. The molecule has 0 bridgehead atoms. The molecule has 1 heterocycles. The van der Waals surface area contributed by atoms with E-state index in [2.05, 4.69) is 6.92 Å². The number of benzene rings is 1. The van der Waals surface area contributed by atoms with Gasteiger partial charge in [-0.1, -0.05) is 24.6 Å². The highest BCUT2D eigenvalue weighted by atomic mass is 35.5. The predicted octanol–water partition coefficient (Wildman–Crippen LogP) is 3.27. The minimum absolute atomic E-state index is 0.0517. The largest absolute Gasteiger partial charge is 0.274 e. The van der Waals surface area contributed by atoms with E-state index in [1.807, 2.05) is 0 Å². The van der Waals surface area contributed by atoms with Gasteiger partial charge in [-0.2, -0.15) is 0 Å². The van der Waals surface area contributed by atoms with Crippen molar-refractivity contribution in [2.45, 2.75) is 26.2 Å². The summed E-state index contributed by atoms with van der Waals surface area (Å²) in [5.41, 5.74) is 0.601. The van der Waals surface area contributed by atoms with Gasteiger partial charge in [0, 0.05) is 5.02 Å². The van der Waals surface area contributed by atoms with Gasteiger partial charge in [-0.3, -0.25) is 14.5 Å². The Morgan fingerprint density at radius 2 is 1.89 bits per heavy atom. The number of hydrogen-bond donors (Lipinski definition) is 0. The number of carbonyl (C=O) groups is 2. The molecule has 1 aromatic carbocycles. The molecular formula is C15H16ClNO2. The van der Waals surface area contributed by atoms with Crippen LogP contribution < -0.4 is 4.90 Å². The highest BCUT2D eigenvalue weighted by molar-refractivity contribution is 6.31. The molecule has 2 fully saturated rings. The van der Waals surface area contributed by atoms with Crippen LogP contribution in [0.15, 0.2) is 24.3 Å². The lowest BCUT2D eigenvalue weighted by atomic mass is 9.76. The molecule has 0 spiro atoms. The van der Waals surface area contributed by atoms with Crippen LogP contribution in [0.3, 0.4) is 0 Å². The van der Waals surface area contributed by atoms with Gasteiger partial charge in [0.15, 0.2) is 0 Å². The average Bonchev–Trinajstić information content (AvgIpc) is 2.61. The van der Waals surface area contributed by atoms with Crippen molar-refractivity contribution in [3.05, 3.63) is 29.3 Å². The maximum atomic E-state index is 12.5. The lowest BCUT2D eigenvalue weighted by Crippen LogP contribution is -2.30. The van der Waals surface area contributed by atoms with Gasteiger partial charge in [0.25, 0.3) is 0 Å². The second-order valence-corrected chi connectivity index (χ2v) is 6.06. The lowest BCUT2D eigenvalue weighted by Gasteiger charge is -2.25. The van der Waals surface area contributed by atoms with E-state index < -0.39 is 0 Å². The summed E-state index contributed by atoms with van der Waals surface area (Å²) in [4.78, 5) is 26.2. The Morgan fingerprint density at radius 3 is 2.63 bits per heavy atom. The van der Waals surface area contributed by atoms with E-state index in [1.54, 1.807) is 24.3 Å². The van der Waals surface area contributed by atoms with E-state index in [0.29, 0.717) is 16.6 Å². The van der Waals surface area contributed by atoms with Gasteiger partial charge in [-0.25, -0.2) is 0 Å². The normalized spacial score (nSPS) is 30.6. The molecular weight excluding hydrogens is 262 g/mol. The van der Waals surface area contributed by atoms with Crippen LogP contribution in [0.5, 0.6) is 0 Å². The second kappa shape index (κ2) is 4.64. The van der Waals surface area contributed by atoms with Crippen molar-refractivity contribution < 1.29 is 9.59 Å². The second-order valence-electron chi connectivity index (χ2n) is 5.62. The zero-order valence-corrected chi connectivity index (χ0v) is 11.6. The summed E-state index contributed by atoms with van der Waals surface area (Å²) in [5.74, 6) is 0.170. The molecule has 0 N–H and O–H groups in total. The zero-order valence-electron chi connectivity index (χ0n) is 10.8. The summed E-state index contributed by atoms with van der Waals surface area (Å²) in [6, 6.07) is 6.95. The fourth-order valence-electron chi connectivity index (χ4n) is 3.26. The van der Waals surface area contributed by atoms with Crippen molar-refractivity contribution in [1.82, 2.24) is 0 Å². The van der Waals surface area contributed by atoms with Gasteiger partial charge in [-0.15, -0.1) is 0 Å². The molecule has 2 amide bonds. The molecule has 4 heteroatoms. The predicted molar refractivity (Wildman–Crippen MR) is 73.9 cm³/mol. The van der Waals surface area contributed by atoms with Crippen LogP contribution in [0.25, 0.3) is 0 Å². The topological polar surface area (TPSA) is 37.4 Å². The molecule has 3 rings (SSSR count). The van der Waals surface area contributed by atoms with Crippen LogP contribution in [0, 0.1) is 17.8 Å². The van der Waals surface area contributed by atoms with Crippen molar-refractivity contribution in [2.24, 2.45) is 17.8 Å². The molecule has 100 valence electrons. The Labute approximate surface area is 117 Å². The number of carbonyl (C=O) groups excluding carboxylic acids is 2. The standard InChI is InChI=1S/C15H16ClNO2/c1-9-5-6-12-13(7-9)15(19)17(14(12)18)11-4-2-3-10(16)8-11/h2-4,8-9,12-13H,5-7H2,1H3/t9-,12+,13+/m0/s1. The molecule has 2 aliphatic rings. The minimum atomic E-state index is -0.129. The quantitative estimate of drug-likeness (QED) is 0.739. The number of nitrogens with zero attached hydrogens (tertiary/aromatic N) is 1. The van der Waals surface area contributed by atoms with Gasteiger partial charge in [-0.05, 0) is 43.4 Å². The number of fused-ring (bicyclic) bond motifs is 1. The maximum Gasteiger partial charge on any atom is 0.237 e. The van der Waals surface area contributed by atoms with Crippen molar-refractivity contribution in [3.63, 3.8) is 0 Å². The third-order valence-electron chi connectivity index (χ3n) is 4.25. The van der Waals surface area contributed by atoms with Crippen LogP contribution in [0.1, 0.15) is 26.2 Å². The molecule has 0 unspecified atom stereocenters. The molecule has 1 saturated carbocycles. The number of amides is 2. The zero-order chi connectivity index (χ0) is 13.6. The molecule has 1 saturated heterocycles. The summed E-state index contributed by atoms with van der Waals surface area (Å²) in [5, 5.41) is 0.543. The monoisotopic (exact) mass is 277 g/mol. The number of hydrogen-bond acceptors (Lipinski definition) is 2. The Bertz CT molecular complexity index is 543. The summed E-state index contributed by atoms with van der Waals surface area (Å²) >= 11 is 5.95. The summed E-state index contributed by atoms with van der Waals surface area (Å²) in [6.07, 6.45) is 2.68. The van der Waals surface area contributed by atoms with E-state index in [9.17, 15) is 9.59 Å². The summed E-state index contributed by atoms with van der Waals surface area (Å²) < 4.78 is 0. The molecule has 1 aliphatic carbocycles. The van der Waals surface area contributed by atoms with Crippen LogP contribution in [0.2, 0.25) is 5.02 Å². The third-order valence-corrected chi connectivity index (χ3v) is 4.49. The van der Waals surface area contributed by atoms with Crippen molar-refractivity contribution in [3.8, 4) is 0 Å². The highest BCUT2D eigenvalue weighted by Crippen LogP contribution is 2.42. The van der Waals surface area contributed by atoms with E-state index >= 15 is 0 Å². The molecule has 3 atom stereocenters. The van der Waals surface area contributed by atoms with Gasteiger partial charge in [0.05, 0.1) is 17.5 Å². The smallest absolute Gasteiger partial charge is 0.237 e. The van der Waals surface area contributed by atoms with Crippen LogP contribution >= 0.6 is 11.6 Å². The van der Waals surface area contributed by atoms with Crippen molar-refractivity contribution in [1.29, 1.82) is 0 Å². The Morgan fingerprint density at radius 1 is 1.16 bits per heavy atom. The fraction of sp³-hybridized carbons (Fsp3) is 0.467. The Balaban J connectivity index is 1.95. The van der Waals surface area contributed by atoms with E-state index in [-0.39, 0.29) is 23.7 Å². The van der Waals surface area contributed by atoms with Crippen LogP contribution in [-0.4, -0.2) is 11.8 Å². The Kier molecular flexibility index (Phi) is 3.09. The molecule has 19 heavy (non-hydrogen) atoms. The molecule has 1 aliphatic heterocycles.